The van der Waals surface area contributed by atoms with Crippen molar-refractivity contribution in [1.29, 1.82) is 0 Å². The van der Waals surface area contributed by atoms with Crippen molar-refractivity contribution in [3.63, 3.8) is 0 Å². The Morgan fingerprint density at radius 3 is 2.48 bits per heavy atom. The summed E-state index contributed by atoms with van der Waals surface area (Å²) in [4.78, 5) is 25.0. The molecule has 3 aromatic rings. The van der Waals surface area contributed by atoms with Crippen LogP contribution in [-0.4, -0.2) is 18.9 Å². The SMILES string of the molecule is COc1ccc(C(=O)Nc2ccc3c(c2)C(C)(C)C(=O)N3)cc1-c1ccccc1. The lowest BCUT2D eigenvalue weighted by Gasteiger charge is -2.16. The number of ether oxygens (including phenoxy) is 1. The van der Waals surface area contributed by atoms with Gasteiger partial charge >= 0.3 is 0 Å². The molecule has 2 amide bonds. The second-order valence-electron chi connectivity index (χ2n) is 7.57. The molecule has 1 heterocycles. The van der Waals surface area contributed by atoms with Crippen LogP contribution in [0.15, 0.2) is 66.7 Å². The highest BCUT2D eigenvalue weighted by Crippen LogP contribution is 2.39. The summed E-state index contributed by atoms with van der Waals surface area (Å²) in [6.07, 6.45) is 0. The van der Waals surface area contributed by atoms with Gasteiger partial charge in [0.25, 0.3) is 5.91 Å². The number of carbonyl (C=O) groups excluding carboxylic acids is 2. The lowest BCUT2D eigenvalue weighted by molar-refractivity contribution is -0.119. The van der Waals surface area contributed by atoms with E-state index in [1.165, 1.54) is 0 Å². The predicted molar refractivity (Wildman–Crippen MR) is 114 cm³/mol. The summed E-state index contributed by atoms with van der Waals surface area (Å²) < 4.78 is 5.47. The van der Waals surface area contributed by atoms with Gasteiger partial charge in [-0.2, -0.15) is 0 Å². The van der Waals surface area contributed by atoms with Gasteiger partial charge in [-0.05, 0) is 61.4 Å². The third kappa shape index (κ3) is 3.36. The van der Waals surface area contributed by atoms with Crippen molar-refractivity contribution in [2.24, 2.45) is 0 Å². The molecule has 0 spiro atoms. The Labute approximate surface area is 169 Å². The molecular formula is C24H22N2O3. The van der Waals surface area contributed by atoms with E-state index in [1.807, 2.05) is 62.4 Å². The Balaban J connectivity index is 1.63. The smallest absolute Gasteiger partial charge is 0.255 e. The zero-order valence-corrected chi connectivity index (χ0v) is 16.6. The molecule has 2 N–H and O–H groups in total. The average Bonchev–Trinajstić information content (AvgIpc) is 2.96. The molecule has 29 heavy (non-hydrogen) atoms. The van der Waals surface area contributed by atoms with E-state index >= 15 is 0 Å². The van der Waals surface area contributed by atoms with Gasteiger partial charge in [-0.25, -0.2) is 0 Å². The quantitative estimate of drug-likeness (QED) is 0.674. The number of hydrogen-bond donors (Lipinski definition) is 2. The lowest BCUT2D eigenvalue weighted by atomic mass is 9.86. The number of carbonyl (C=O) groups is 2. The molecule has 0 aromatic heterocycles. The molecule has 0 radical (unpaired) electrons. The van der Waals surface area contributed by atoms with Crippen molar-refractivity contribution in [1.82, 2.24) is 0 Å². The largest absolute Gasteiger partial charge is 0.496 e. The zero-order chi connectivity index (χ0) is 20.6. The first-order valence-corrected chi connectivity index (χ1v) is 9.41. The summed E-state index contributed by atoms with van der Waals surface area (Å²) in [7, 11) is 1.61. The summed E-state index contributed by atoms with van der Waals surface area (Å²) in [5, 5.41) is 5.81. The van der Waals surface area contributed by atoms with Gasteiger partial charge in [0, 0.05) is 22.5 Å². The van der Waals surface area contributed by atoms with Gasteiger partial charge in [0.15, 0.2) is 0 Å². The van der Waals surface area contributed by atoms with Crippen LogP contribution in [0.2, 0.25) is 0 Å². The Bertz CT molecular complexity index is 1100. The first-order chi connectivity index (χ1) is 13.9. The summed E-state index contributed by atoms with van der Waals surface area (Å²) in [5.74, 6) is 0.440. The van der Waals surface area contributed by atoms with Crippen LogP contribution in [0.25, 0.3) is 11.1 Å². The van der Waals surface area contributed by atoms with Crippen LogP contribution in [0, 0.1) is 0 Å². The minimum Gasteiger partial charge on any atom is -0.496 e. The van der Waals surface area contributed by atoms with Crippen molar-refractivity contribution >= 4 is 23.2 Å². The van der Waals surface area contributed by atoms with Crippen molar-refractivity contribution < 1.29 is 14.3 Å². The molecule has 0 unspecified atom stereocenters. The molecule has 3 aromatic carbocycles. The van der Waals surface area contributed by atoms with Crippen LogP contribution in [0.3, 0.4) is 0 Å². The number of hydrogen-bond acceptors (Lipinski definition) is 3. The molecular weight excluding hydrogens is 364 g/mol. The Morgan fingerprint density at radius 2 is 1.76 bits per heavy atom. The van der Waals surface area contributed by atoms with Crippen molar-refractivity contribution in [2.45, 2.75) is 19.3 Å². The second kappa shape index (κ2) is 7.09. The highest BCUT2D eigenvalue weighted by Gasteiger charge is 2.38. The minimum absolute atomic E-state index is 0.0429. The molecule has 1 aliphatic heterocycles. The molecule has 0 saturated heterocycles. The van der Waals surface area contributed by atoms with Gasteiger partial charge in [-0.1, -0.05) is 30.3 Å². The standard InChI is InChI=1S/C24H22N2O3/c1-24(2)19-14-17(10-11-20(19)26-23(24)28)25-22(27)16-9-12-21(29-3)18(13-16)15-7-5-4-6-8-15/h4-14H,1-3H3,(H,25,27)(H,26,28). The minimum atomic E-state index is -0.628. The van der Waals surface area contributed by atoms with Crippen molar-refractivity contribution in [3.8, 4) is 16.9 Å². The summed E-state index contributed by atoms with van der Waals surface area (Å²) >= 11 is 0. The number of amides is 2. The third-order valence-electron chi connectivity index (χ3n) is 5.31. The van der Waals surface area contributed by atoms with E-state index in [1.54, 1.807) is 25.3 Å². The van der Waals surface area contributed by atoms with Gasteiger partial charge in [0.05, 0.1) is 12.5 Å². The zero-order valence-electron chi connectivity index (χ0n) is 16.6. The highest BCUT2D eigenvalue weighted by molar-refractivity contribution is 6.08. The summed E-state index contributed by atoms with van der Waals surface area (Å²) in [5.41, 5.74) is 4.03. The van der Waals surface area contributed by atoms with Gasteiger partial charge < -0.3 is 15.4 Å². The Hall–Kier alpha value is -3.60. The maximum absolute atomic E-state index is 12.9. The summed E-state index contributed by atoms with van der Waals surface area (Å²) in [6, 6.07) is 20.6. The molecule has 0 bridgehead atoms. The average molecular weight is 386 g/mol. The van der Waals surface area contributed by atoms with Gasteiger partial charge in [0.1, 0.15) is 5.75 Å². The molecule has 4 rings (SSSR count). The molecule has 5 heteroatoms. The van der Waals surface area contributed by atoms with Gasteiger partial charge in [0.2, 0.25) is 5.91 Å². The maximum atomic E-state index is 12.9. The maximum Gasteiger partial charge on any atom is 0.255 e. The van der Waals surface area contributed by atoms with Crippen LogP contribution in [-0.2, 0) is 10.2 Å². The first-order valence-electron chi connectivity index (χ1n) is 9.41. The van der Waals surface area contributed by atoms with Crippen molar-refractivity contribution in [3.05, 3.63) is 77.9 Å². The number of methoxy groups -OCH3 is 1. The fourth-order valence-corrected chi connectivity index (χ4v) is 3.54. The van der Waals surface area contributed by atoms with E-state index in [9.17, 15) is 9.59 Å². The molecule has 0 fully saturated rings. The van der Waals surface area contributed by atoms with Crippen molar-refractivity contribution in [2.75, 3.05) is 17.7 Å². The van der Waals surface area contributed by atoms with E-state index in [0.29, 0.717) is 17.0 Å². The third-order valence-corrected chi connectivity index (χ3v) is 5.31. The molecule has 146 valence electrons. The van der Waals surface area contributed by atoms with Crippen LogP contribution in [0.5, 0.6) is 5.75 Å². The summed E-state index contributed by atoms with van der Waals surface area (Å²) in [6.45, 7) is 3.74. The van der Waals surface area contributed by atoms with Crippen LogP contribution in [0.4, 0.5) is 11.4 Å². The van der Waals surface area contributed by atoms with E-state index in [4.69, 9.17) is 4.74 Å². The monoisotopic (exact) mass is 386 g/mol. The van der Waals surface area contributed by atoms with Gasteiger partial charge in [-0.3, -0.25) is 9.59 Å². The fraction of sp³-hybridized carbons (Fsp3) is 0.167. The second-order valence-corrected chi connectivity index (χ2v) is 7.57. The van der Waals surface area contributed by atoms with Crippen LogP contribution >= 0.6 is 0 Å². The fourth-order valence-electron chi connectivity index (χ4n) is 3.54. The first kappa shape index (κ1) is 18.7. The molecule has 1 aliphatic rings. The van der Waals surface area contributed by atoms with E-state index in [2.05, 4.69) is 10.6 Å². The number of benzene rings is 3. The molecule has 0 atom stereocenters. The van der Waals surface area contributed by atoms with Gasteiger partial charge in [-0.15, -0.1) is 0 Å². The highest BCUT2D eigenvalue weighted by atomic mass is 16.5. The molecule has 0 saturated carbocycles. The molecule has 0 aliphatic carbocycles. The van der Waals surface area contributed by atoms with Crippen LogP contribution in [0.1, 0.15) is 29.8 Å². The topological polar surface area (TPSA) is 67.4 Å². The number of rotatable bonds is 4. The van der Waals surface area contributed by atoms with E-state index < -0.39 is 5.41 Å². The normalized spacial score (nSPS) is 14.1. The lowest BCUT2D eigenvalue weighted by Crippen LogP contribution is -2.26. The molecule has 5 nitrogen and oxygen atoms in total. The Morgan fingerprint density at radius 1 is 1.00 bits per heavy atom. The number of nitrogens with one attached hydrogen (secondary N) is 2. The predicted octanol–water partition coefficient (Wildman–Crippen LogP) is 4.84. The van der Waals surface area contributed by atoms with E-state index in [-0.39, 0.29) is 11.8 Å². The number of anilines is 2. The Kier molecular flexibility index (Phi) is 4.59. The van der Waals surface area contributed by atoms with Crippen LogP contribution < -0.4 is 15.4 Å². The number of fused-ring (bicyclic) bond motifs is 1. The van der Waals surface area contributed by atoms with E-state index in [0.717, 1.165) is 22.4 Å².